The number of carbonyl (C=O) groups is 1. The predicted octanol–water partition coefficient (Wildman–Crippen LogP) is 1.86. The van der Waals surface area contributed by atoms with Crippen LogP contribution >= 0.6 is 0 Å². The van der Waals surface area contributed by atoms with Crippen LogP contribution in [0.15, 0.2) is 18.2 Å². The highest BCUT2D eigenvalue weighted by atomic mass is 16.5. The number of fused-ring (bicyclic) bond motifs is 1. The monoisotopic (exact) mass is 220 g/mol. The lowest BCUT2D eigenvalue weighted by Gasteiger charge is -2.32. The zero-order valence-electron chi connectivity index (χ0n) is 9.78. The van der Waals surface area contributed by atoms with Crippen LogP contribution in [-0.2, 0) is 4.79 Å². The summed E-state index contributed by atoms with van der Waals surface area (Å²) >= 11 is 0. The quantitative estimate of drug-likeness (QED) is 0.827. The molecule has 0 radical (unpaired) electrons. The third-order valence-electron chi connectivity index (χ3n) is 2.64. The van der Waals surface area contributed by atoms with E-state index in [1.54, 1.807) is 4.90 Å². The van der Waals surface area contributed by atoms with Gasteiger partial charge in [0.05, 0.1) is 5.69 Å². The molecule has 1 aromatic rings. The van der Waals surface area contributed by atoms with E-state index < -0.39 is 0 Å². The van der Waals surface area contributed by atoms with E-state index >= 15 is 0 Å². The number of amides is 1. The summed E-state index contributed by atoms with van der Waals surface area (Å²) < 4.78 is 5.40. The van der Waals surface area contributed by atoms with Crippen LogP contribution in [0.1, 0.15) is 13.8 Å². The van der Waals surface area contributed by atoms with Crippen LogP contribution in [0.3, 0.4) is 0 Å². The summed E-state index contributed by atoms with van der Waals surface area (Å²) in [6, 6.07) is 5.91. The van der Waals surface area contributed by atoms with Crippen LogP contribution in [0.4, 0.5) is 11.4 Å². The van der Waals surface area contributed by atoms with Gasteiger partial charge in [0.25, 0.3) is 5.91 Å². The van der Waals surface area contributed by atoms with Crippen molar-refractivity contribution in [1.29, 1.82) is 0 Å². The molecule has 0 spiro atoms. The van der Waals surface area contributed by atoms with Crippen LogP contribution in [0, 0.1) is 0 Å². The second-order valence-electron chi connectivity index (χ2n) is 4.08. The van der Waals surface area contributed by atoms with Gasteiger partial charge in [0.2, 0.25) is 0 Å². The van der Waals surface area contributed by atoms with Crippen molar-refractivity contribution < 1.29 is 9.53 Å². The number of ether oxygens (including phenoxy) is 1. The molecule has 4 heteroatoms. The molecule has 4 nitrogen and oxygen atoms in total. The molecule has 2 rings (SSSR count). The van der Waals surface area contributed by atoms with E-state index in [-0.39, 0.29) is 18.6 Å². The number of nitrogens with one attached hydrogen (secondary N) is 1. The second-order valence-corrected chi connectivity index (χ2v) is 4.08. The van der Waals surface area contributed by atoms with Gasteiger partial charge in [-0.15, -0.1) is 0 Å². The van der Waals surface area contributed by atoms with Crippen LogP contribution in [0.25, 0.3) is 0 Å². The number of carbonyl (C=O) groups excluding carboxylic acids is 1. The SMILES string of the molecule is CNc1ccc2c(c1)N(C(C)C)C(=O)CO2. The van der Waals surface area contributed by atoms with E-state index in [1.165, 1.54) is 0 Å². The largest absolute Gasteiger partial charge is 0.482 e. The van der Waals surface area contributed by atoms with E-state index in [0.29, 0.717) is 0 Å². The number of hydrogen-bond acceptors (Lipinski definition) is 3. The molecule has 0 fully saturated rings. The molecule has 1 heterocycles. The van der Waals surface area contributed by atoms with Crippen LogP contribution in [-0.4, -0.2) is 25.6 Å². The van der Waals surface area contributed by atoms with Crippen molar-refractivity contribution in [2.75, 3.05) is 23.9 Å². The normalized spacial score (nSPS) is 14.8. The fourth-order valence-corrected chi connectivity index (χ4v) is 1.89. The minimum atomic E-state index is 0.00996. The Morgan fingerprint density at radius 3 is 2.81 bits per heavy atom. The molecule has 1 aromatic carbocycles. The minimum Gasteiger partial charge on any atom is -0.482 e. The predicted molar refractivity (Wildman–Crippen MR) is 64.1 cm³/mol. The Morgan fingerprint density at radius 2 is 2.19 bits per heavy atom. The Balaban J connectivity index is 2.48. The van der Waals surface area contributed by atoms with Gasteiger partial charge in [-0.1, -0.05) is 0 Å². The second kappa shape index (κ2) is 4.04. The van der Waals surface area contributed by atoms with Crippen LogP contribution in [0.2, 0.25) is 0 Å². The first kappa shape index (κ1) is 10.8. The number of anilines is 2. The summed E-state index contributed by atoms with van der Waals surface area (Å²) in [5.41, 5.74) is 1.82. The molecule has 1 aliphatic heterocycles. The standard InChI is InChI=1S/C12H16N2O2/c1-8(2)14-10-6-9(13-3)4-5-11(10)16-7-12(14)15/h4-6,8,13H,7H2,1-3H3. The fraction of sp³-hybridized carbons (Fsp3) is 0.417. The highest BCUT2D eigenvalue weighted by Crippen LogP contribution is 2.35. The van der Waals surface area contributed by atoms with Gasteiger partial charge < -0.3 is 15.0 Å². The smallest absolute Gasteiger partial charge is 0.265 e. The lowest BCUT2D eigenvalue weighted by atomic mass is 10.1. The van der Waals surface area contributed by atoms with Gasteiger partial charge in [0.15, 0.2) is 6.61 Å². The highest BCUT2D eigenvalue weighted by molar-refractivity contribution is 5.98. The van der Waals surface area contributed by atoms with Crippen LogP contribution in [0.5, 0.6) is 5.75 Å². The maximum absolute atomic E-state index is 11.8. The summed E-state index contributed by atoms with van der Waals surface area (Å²) in [5.74, 6) is 0.781. The van der Waals surface area contributed by atoms with Crippen molar-refractivity contribution in [3.05, 3.63) is 18.2 Å². The highest BCUT2D eigenvalue weighted by Gasteiger charge is 2.27. The third-order valence-corrected chi connectivity index (χ3v) is 2.64. The average Bonchev–Trinajstić information content (AvgIpc) is 2.27. The Morgan fingerprint density at radius 1 is 1.44 bits per heavy atom. The van der Waals surface area contributed by atoms with Gasteiger partial charge in [0.1, 0.15) is 5.75 Å². The van der Waals surface area contributed by atoms with Crippen LogP contribution < -0.4 is 15.0 Å². The van der Waals surface area contributed by atoms with Crippen molar-refractivity contribution in [2.24, 2.45) is 0 Å². The summed E-state index contributed by atoms with van der Waals surface area (Å²) in [5, 5.41) is 3.06. The van der Waals surface area contributed by atoms with Gasteiger partial charge in [-0.2, -0.15) is 0 Å². The molecule has 0 saturated heterocycles. The van der Waals surface area contributed by atoms with E-state index in [4.69, 9.17) is 4.74 Å². The summed E-state index contributed by atoms with van der Waals surface area (Å²) in [6.07, 6.45) is 0. The molecule has 0 saturated carbocycles. The molecule has 1 amide bonds. The van der Waals surface area contributed by atoms with Crippen molar-refractivity contribution in [3.63, 3.8) is 0 Å². The van der Waals surface area contributed by atoms with E-state index in [0.717, 1.165) is 17.1 Å². The first-order chi connectivity index (χ1) is 7.63. The molecule has 0 aromatic heterocycles. The third kappa shape index (κ3) is 1.71. The summed E-state index contributed by atoms with van der Waals surface area (Å²) in [7, 11) is 1.85. The first-order valence-electron chi connectivity index (χ1n) is 5.40. The van der Waals surface area contributed by atoms with Gasteiger partial charge in [0, 0.05) is 18.8 Å². The molecular formula is C12H16N2O2. The summed E-state index contributed by atoms with van der Waals surface area (Å²) in [4.78, 5) is 13.6. The molecule has 0 atom stereocenters. The molecule has 0 aliphatic carbocycles. The summed E-state index contributed by atoms with van der Waals surface area (Å²) in [6.45, 7) is 4.13. The first-order valence-corrected chi connectivity index (χ1v) is 5.40. The molecule has 1 N–H and O–H groups in total. The molecule has 0 unspecified atom stereocenters. The topological polar surface area (TPSA) is 41.6 Å². The lowest BCUT2D eigenvalue weighted by Crippen LogP contribution is -2.43. The number of rotatable bonds is 2. The molecule has 86 valence electrons. The zero-order chi connectivity index (χ0) is 11.7. The maximum Gasteiger partial charge on any atom is 0.265 e. The number of nitrogens with zero attached hydrogens (tertiary/aromatic N) is 1. The molecule has 0 bridgehead atoms. The van der Waals surface area contributed by atoms with Gasteiger partial charge in [-0.25, -0.2) is 0 Å². The zero-order valence-corrected chi connectivity index (χ0v) is 9.78. The average molecular weight is 220 g/mol. The fourth-order valence-electron chi connectivity index (χ4n) is 1.89. The number of benzene rings is 1. The Labute approximate surface area is 95.2 Å². The lowest BCUT2D eigenvalue weighted by molar-refractivity contribution is -0.121. The minimum absolute atomic E-state index is 0.00996. The van der Waals surface area contributed by atoms with Crippen molar-refractivity contribution in [1.82, 2.24) is 0 Å². The number of hydrogen-bond donors (Lipinski definition) is 1. The molecular weight excluding hydrogens is 204 g/mol. The van der Waals surface area contributed by atoms with Crippen molar-refractivity contribution >= 4 is 17.3 Å². The molecule has 1 aliphatic rings. The van der Waals surface area contributed by atoms with Crippen molar-refractivity contribution in [3.8, 4) is 5.75 Å². The Hall–Kier alpha value is -1.71. The van der Waals surface area contributed by atoms with Gasteiger partial charge in [-0.3, -0.25) is 4.79 Å². The van der Waals surface area contributed by atoms with Gasteiger partial charge >= 0.3 is 0 Å². The Kier molecular flexibility index (Phi) is 2.73. The van der Waals surface area contributed by atoms with E-state index in [2.05, 4.69) is 5.32 Å². The Bertz CT molecular complexity index is 415. The molecule has 16 heavy (non-hydrogen) atoms. The van der Waals surface area contributed by atoms with Gasteiger partial charge in [-0.05, 0) is 32.0 Å². The van der Waals surface area contributed by atoms with E-state index in [9.17, 15) is 4.79 Å². The van der Waals surface area contributed by atoms with E-state index in [1.807, 2.05) is 39.1 Å². The maximum atomic E-state index is 11.8. The van der Waals surface area contributed by atoms with Crippen molar-refractivity contribution in [2.45, 2.75) is 19.9 Å².